The van der Waals surface area contributed by atoms with Gasteiger partial charge in [-0.15, -0.1) is 0 Å². The van der Waals surface area contributed by atoms with Gasteiger partial charge in [-0.1, -0.05) is 25.1 Å². The molecule has 0 aromatic heterocycles. The van der Waals surface area contributed by atoms with Crippen LogP contribution in [0.25, 0.3) is 0 Å². The molecule has 0 aliphatic heterocycles. The molecule has 1 aromatic carbocycles. The Kier molecular flexibility index (Phi) is 5.10. The Morgan fingerprint density at radius 1 is 1.16 bits per heavy atom. The molecule has 0 saturated heterocycles. The SMILES string of the molecule is CCC(C)NC(=O)C(C)(C)C(=O)Nc1ccccc1. The lowest BCUT2D eigenvalue weighted by Gasteiger charge is -2.24. The second-order valence-corrected chi connectivity index (χ2v) is 5.23. The van der Waals surface area contributed by atoms with Crippen LogP contribution in [0.3, 0.4) is 0 Å². The van der Waals surface area contributed by atoms with E-state index in [1.165, 1.54) is 0 Å². The van der Waals surface area contributed by atoms with E-state index in [0.717, 1.165) is 6.42 Å². The van der Waals surface area contributed by atoms with Gasteiger partial charge in [-0.3, -0.25) is 9.59 Å². The summed E-state index contributed by atoms with van der Waals surface area (Å²) >= 11 is 0. The third-order valence-electron chi connectivity index (χ3n) is 3.16. The van der Waals surface area contributed by atoms with Crippen molar-refractivity contribution in [3.05, 3.63) is 30.3 Å². The molecule has 2 N–H and O–H groups in total. The van der Waals surface area contributed by atoms with Gasteiger partial charge in [-0.05, 0) is 39.3 Å². The van der Waals surface area contributed by atoms with E-state index in [2.05, 4.69) is 10.6 Å². The van der Waals surface area contributed by atoms with Gasteiger partial charge >= 0.3 is 0 Å². The number of para-hydroxylation sites is 1. The van der Waals surface area contributed by atoms with Crippen molar-refractivity contribution < 1.29 is 9.59 Å². The first-order chi connectivity index (χ1) is 8.87. The van der Waals surface area contributed by atoms with Gasteiger partial charge in [0, 0.05) is 11.7 Å². The zero-order chi connectivity index (χ0) is 14.5. The molecule has 1 aromatic rings. The van der Waals surface area contributed by atoms with E-state index in [1.54, 1.807) is 26.0 Å². The topological polar surface area (TPSA) is 58.2 Å². The van der Waals surface area contributed by atoms with Gasteiger partial charge in [0.1, 0.15) is 5.41 Å². The molecule has 0 fully saturated rings. The zero-order valence-electron chi connectivity index (χ0n) is 12.0. The predicted octanol–water partition coefficient (Wildman–Crippen LogP) is 2.57. The molecular formula is C15H22N2O2. The number of hydrogen-bond donors (Lipinski definition) is 2. The van der Waals surface area contributed by atoms with Crippen LogP contribution < -0.4 is 10.6 Å². The molecule has 0 aliphatic rings. The average Bonchev–Trinajstić information content (AvgIpc) is 2.39. The number of amides is 2. The van der Waals surface area contributed by atoms with Gasteiger partial charge in [0.25, 0.3) is 0 Å². The molecule has 2 amide bonds. The van der Waals surface area contributed by atoms with Crippen molar-refractivity contribution in [1.29, 1.82) is 0 Å². The summed E-state index contributed by atoms with van der Waals surface area (Å²) in [6.07, 6.45) is 0.835. The number of nitrogens with one attached hydrogen (secondary N) is 2. The van der Waals surface area contributed by atoms with Crippen LogP contribution in [0.15, 0.2) is 30.3 Å². The van der Waals surface area contributed by atoms with Gasteiger partial charge < -0.3 is 10.6 Å². The van der Waals surface area contributed by atoms with Crippen LogP contribution in [0, 0.1) is 5.41 Å². The van der Waals surface area contributed by atoms with Crippen LogP contribution in [-0.4, -0.2) is 17.9 Å². The molecule has 0 heterocycles. The Bertz CT molecular complexity index is 441. The van der Waals surface area contributed by atoms with Gasteiger partial charge in [-0.25, -0.2) is 0 Å². The molecule has 0 bridgehead atoms. The smallest absolute Gasteiger partial charge is 0.239 e. The quantitative estimate of drug-likeness (QED) is 0.801. The largest absolute Gasteiger partial charge is 0.353 e. The summed E-state index contributed by atoms with van der Waals surface area (Å²) in [6.45, 7) is 7.16. The number of carbonyl (C=O) groups excluding carboxylic acids is 2. The summed E-state index contributed by atoms with van der Waals surface area (Å²) in [6, 6.07) is 9.19. The number of carbonyl (C=O) groups is 2. The standard InChI is InChI=1S/C15H22N2O2/c1-5-11(2)16-13(18)15(3,4)14(19)17-12-9-7-6-8-10-12/h6-11H,5H2,1-4H3,(H,16,18)(H,17,19). The van der Waals surface area contributed by atoms with Crippen LogP contribution in [0.5, 0.6) is 0 Å². The van der Waals surface area contributed by atoms with Crippen molar-refractivity contribution >= 4 is 17.5 Å². The van der Waals surface area contributed by atoms with Crippen molar-refractivity contribution in [3.8, 4) is 0 Å². The third kappa shape index (κ3) is 4.09. The van der Waals surface area contributed by atoms with E-state index < -0.39 is 5.41 Å². The lowest BCUT2D eigenvalue weighted by molar-refractivity contribution is -0.138. The molecule has 1 atom stereocenters. The minimum absolute atomic E-state index is 0.0660. The number of rotatable bonds is 5. The lowest BCUT2D eigenvalue weighted by Crippen LogP contribution is -2.47. The summed E-state index contributed by atoms with van der Waals surface area (Å²) in [4.78, 5) is 24.3. The van der Waals surface area contributed by atoms with Crippen LogP contribution in [0.2, 0.25) is 0 Å². The fourth-order valence-electron chi connectivity index (χ4n) is 1.42. The maximum atomic E-state index is 12.2. The average molecular weight is 262 g/mol. The molecule has 19 heavy (non-hydrogen) atoms. The van der Waals surface area contributed by atoms with E-state index in [4.69, 9.17) is 0 Å². The van der Waals surface area contributed by atoms with E-state index in [1.807, 2.05) is 32.0 Å². The van der Waals surface area contributed by atoms with Gasteiger partial charge in [0.05, 0.1) is 0 Å². The second-order valence-electron chi connectivity index (χ2n) is 5.23. The fourth-order valence-corrected chi connectivity index (χ4v) is 1.42. The Morgan fingerprint density at radius 3 is 2.26 bits per heavy atom. The van der Waals surface area contributed by atoms with Gasteiger partial charge in [0.2, 0.25) is 11.8 Å². The Labute approximate surface area is 114 Å². The van der Waals surface area contributed by atoms with Crippen LogP contribution in [-0.2, 0) is 9.59 Å². The summed E-state index contributed by atoms with van der Waals surface area (Å²) in [5.41, 5.74) is -0.406. The maximum absolute atomic E-state index is 12.2. The molecular weight excluding hydrogens is 240 g/mol. The Morgan fingerprint density at radius 2 is 1.74 bits per heavy atom. The highest BCUT2D eigenvalue weighted by molar-refractivity contribution is 6.09. The summed E-state index contributed by atoms with van der Waals surface area (Å²) in [7, 11) is 0. The second kappa shape index (κ2) is 6.36. The maximum Gasteiger partial charge on any atom is 0.239 e. The first-order valence-corrected chi connectivity index (χ1v) is 6.55. The highest BCUT2D eigenvalue weighted by Crippen LogP contribution is 2.19. The Balaban J connectivity index is 2.71. The highest BCUT2D eigenvalue weighted by atomic mass is 16.2. The molecule has 0 radical (unpaired) electrons. The summed E-state index contributed by atoms with van der Waals surface area (Å²) in [5, 5.41) is 5.59. The van der Waals surface area contributed by atoms with Crippen LogP contribution in [0.1, 0.15) is 34.1 Å². The van der Waals surface area contributed by atoms with Crippen molar-refractivity contribution in [2.24, 2.45) is 5.41 Å². The molecule has 4 nitrogen and oxygen atoms in total. The summed E-state index contributed by atoms with van der Waals surface area (Å²) in [5.74, 6) is -0.560. The lowest BCUT2D eigenvalue weighted by atomic mass is 9.90. The number of anilines is 1. The number of hydrogen-bond acceptors (Lipinski definition) is 2. The van der Waals surface area contributed by atoms with E-state index >= 15 is 0 Å². The van der Waals surface area contributed by atoms with E-state index in [0.29, 0.717) is 5.69 Å². The molecule has 1 unspecified atom stereocenters. The minimum atomic E-state index is -1.10. The fraction of sp³-hybridized carbons (Fsp3) is 0.467. The molecule has 0 aliphatic carbocycles. The summed E-state index contributed by atoms with van der Waals surface area (Å²) < 4.78 is 0. The minimum Gasteiger partial charge on any atom is -0.353 e. The monoisotopic (exact) mass is 262 g/mol. The highest BCUT2D eigenvalue weighted by Gasteiger charge is 2.36. The normalized spacial score (nSPS) is 12.6. The van der Waals surface area contributed by atoms with Crippen molar-refractivity contribution in [2.45, 2.75) is 40.2 Å². The molecule has 1 rings (SSSR count). The predicted molar refractivity (Wildman–Crippen MR) is 76.7 cm³/mol. The first kappa shape index (κ1) is 15.2. The van der Waals surface area contributed by atoms with Crippen LogP contribution >= 0.6 is 0 Å². The van der Waals surface area contributed by atoms with Gasteiger partial charge in [0.15, 0.2) is 0 Å². The molecule has 0 spiro atoms. The van der Waals surface area contributed by atoms with E-state index in [9.17, 15) is 9.59 Å². The van der Waals surface area contributed by atoms with Crippen molar-refractivity contribution in [3.63, 3.8) is 0 Å². The molecule has 0 saturated carbocycles. The molecule has 104 valence electrons. The zero-order valence-corrected chi connectivity index (χ0v) is 12.0. The Hall–Kier alpha value is -1.84. The number of benzene rings is 1. The third-order valence-corrected chi connectivity index (χ3v) is 3.16. The van der Waals surface area contributed by atoms with Crippen molar-refractivity contribution in [2.75, 3.05) is 5.32 Å². The van der Waals surface area contributed by atoms with Gasteiger partial charge in [-0.2, -0.15) is 0 Å². The van der Waals surface area contributed by atoms with Crippen molar-refractivity contribution in [1.82, 2.24) is 5.32 Å². The first-order valence-electron chi connectivity index (χ1n) is 6.55. The van der Waals surface area contributed by atoms with E-state index in [-0.39, 0.29) is 17.9 Å². The van der Waals surface area contributed by atoms with Crippen LogP contribution in [0.4, 0.5) is 5.69 Å². The molecule has 4 heteroatoms.